The van der Waals surface area contributed by atoms with Gasteiger partial charge in [0.1, 0.15) is 0 Å². The van der Waals surface area contributed by atoms with Gasteiger partial charge < -0.3 is 4.74 Å². The number of anilines is 1. The van der Waals surface area contributed by atoms with E-state index in [9.17, 15) is 19.2 Å². The lowest BCUT2D eigenvalue weighted by atomic mass is 10.1. The summed E-state index contributed by atoms with van der Waals surface area (Å²) in [6.07, 6.45) is 0. The van der Waals surface area contributed by atoms with Crippen LogP contribution >= 0.6 is 27.5 Å². The second-order valence-electron chi connectivity index (χ2n) is 6.69. The highest BCUT2D eigenvalue weighted by Gasteiger charge is 2.37. The minimum absolute atomic E-state index is 0.0708. The molecule has 2 amide bonds. The number of carbonyl (C=O) groups excluding carboxylic acids is 4. The number of esters is 1. The molecule has 0 atom stereocenters. The largest absolute Gasteiger partial charge is 0.454 e. The number of hydrogen-bond donors (Lipinski definition) is 0. The lowest BCUT2D eigenvalue weighted by Gasteiger charge is -2.13. The third-order valence-electron chi connectivity index (χ3n) is 4.71. The Labute approximate surface area is 190 Å². The van der Waals surface area contributed by atoms with Gasteiger partial charge in [0.25, 0.3) is 11.8 Å². The fourth-order valence-electron chi connectivity index (χ4n) is 3.13. The molecule has 1 heterocycles. The van der Waals surface area contributed by atoms with Gasteiger partial charge in [-0.1, -0.05) is 39.7 Å². The highest BCUT2D eigenvalue weighted by molar-refractivity contribution is 9.10. The van der Waals surface area contributed by atoms with Crippen LogP contribution in [0.1, 0.15) is 41.4 Å². The minimum Gasteiger partial charge on any atom is -0.454 e. The molecule has 0 aromatic heterocycles. The standard InChI is InChI=1S/C23H13BrClNO5/c24-15-4-1-13(2-5-15)20(27)12-31-23(30)14-3-10-18-19(11-14)22(29)26(21(18)28)17-8-6-16(25)7-9-17/h1-11H,12H2. The van der Waals surface area contributed by atoms with Crippen molar-refractivity contribution in [2.24, 2.45) is 0 Å². The molecule has 0 radical (unpaired) electrons. The van der Waals surface area contributed by atoms with Crippen LogP contribution in [-0.2, 0) is 4.74 Å². The molecule has 3 aromatic rings. The number of hydrogen-bond acceptors (Lipinski definition) is 5. The van der Waals surface area contributed by atoms with E-state index in [1.54, 1.807) is 48.5 Å². The lowest BCUT2D eigenvalue weighted by Crippen LogP contribution is -2.29. The van der Waals surface area contributed by atoms with E-state index in [0.717, 1.165) is 9.37 Å². The van der Waals surface area contributed by atoms with Crippen LogP contribution in [0, 0.1) is 0 Å². The van der Waals surface area contributed by atoms with E-state index in [-0.39, 0.29) is 22.5 Å². The number of halogens is 2. The van der Waals surface area contributed by atoms with Gasteiger partial charge in [0, 0.05) is 15.1 Å². The third kappa shape index (κ3) is 4.15. The van der Waals surface area contributed by atoms with Crippen molar-refractivity contribution in [2.75, 3.05) is 11.5 Å². The fraction of sp³-hybridized carbons (Fsp3) is 0.0435. The summed E-state index contributed by atoms with van der Waals surface area (Å²) in [6.45, 7) is -0.443. The number of rotatable bonds is 5. The van der Waals surface area contributed by atoms with Gasteiger partial charge in [-0.3, -0.25) is 14.4 Å². The summed E-state index contributed by atoms with van der Waals surface area (Å²) in [6, 6.07) is 17.0. The molecule has 1 aliphatic rings. The first kappa shape index (κ1) is 21.0. The SMILES string of the molecule is O=C(COC(=O)c1ccc2c(c1)C(=O)N(c1ccc(Cl)cc1)C2=O)c1ccc(Br)cc1. The predicted molar refractivity (Wildman–Crippen MR) is 118 cm³/mol. The van der Waals surface area contributed by atoms with E-state index in [4.69, 9.17) is 16.3 Å². The molecule has 0 aliphatic carbocycles. The monoisotopic (exact) mass is 497 g/mol. The Morgan fingerprint density at radius 1 is 0.839 bits per heavy atom. The molecule has 3 aromatic carbocycles. The van der Waals surface area contributed by atoms with Gasteiger partial charge in [0.2, 0.25) is 0 Å². The molecule has 0 bridgehead atoms. The van der Waals surface area contributed by atoms with Crippen LogP contribution in [-0.4, -0.2) is 30.2 Å². The van der Waals surface area contributed by atoms with Crippen LogP contribution in [0.2, 0.25) is 5.02 Å². The van der Waals surface area contributed by atoms with Crippen molar-refractivity contribution in [1.29, 1.82) is 0 Å². The highest BCUT2D eigenvalue weighted by atomic mass is 79.9. The summed E-state index contributed by atoms with van der Waals surface area (Å²) in [5.74, 6) is -2.17. The summed E-state index contributed by atoms with van der Waals surface area (Å²) in [7, 11) is 0. The molecule has 31 heavy (non-hydrogen) atoms. The second kappa shape index (κ2) is 8.45. The summed E-state index contributed by atoms with van der Waals surface area (Å²) < 4.78 is 5.92. The minimum atomic E-state index is -0.765. The maximum Gasteiger partial charge on any atom is 0.338 e. The Bertz CT molecular complexity index is 1220. The van der Waals surface area contributed by atoms with E-state index in [1.165, 1.54) is 18.2 Å². The van der Waals surface area contributed by atoms with Gasteiger partial charge in [-0.2, -0.15) is 0 Å². The summed E-state index contributed by atoms with van der Waals surface area (Å²) in [5, 5.41) is 0.475. The highest BCUT2D eigenvalue weighted by Crippen LogP contribution is 2.30. The van der Waals surface area contributed by atoms with Crippen LogP contribution in [0.3, 0.4) is 0 Å². The molecule has 0 saturated heterocycles. The zero-order chi connectivity index (χ0) is 22.1. The van der Waals surface area contributed by atoms with Crippen molar-refractivity contribution in [2.45, 2.75) is 0 Å². The molecule has 154 valence electrons. The molecule has 0 spiro atoms. The summed E-state index contributed by atoms with van der Waals surface area (Å²) >= 11 is 9.15. The van der Waals surface area contributed by atoms with Gasteiger partial charge in [-0.15, -0.1) is 0 Å². The maximum atomic E-state index is 12.8. The quantitative estimate of drug-likeness (QED) is 0.283. The molecule has 8 heteroatoms. The van der Waals surface area contributed by atoms with Gasteiger partial charge in [-0.25, -0.2) is 9.69 Å². The zero-order valence-corrected chi connectivity index (χ0v) is 18.1. The number of fused-ring (bicyclic) bond motifs is 1. The van der Waals surface area contributed by atoms with E-state index >= 15 is 0 Å². The van der Waals surface area contributed by atoms with E-state index < -0.39 is 24.4 Å². The zero-order valence-electron chi connectivity index (χ0n) is 15.8. The van der Waals surface area contributed by atoms with Gasteiger partial charge >= 0.3 is 5.97 Å². The topological polar surface area (TPSA) is 80.8 Å². The van der Waals surface area contributed by atoms with E-state index in [1.807, 2.05) is 0 Å². The number of imide groups is 1. The first-order chi connectivity index (χ1) is 14.8. The van der Waals surface area contributed by atoms with Crippen LogP contribution in [0.15, 0.2) is 71.2 Å². The number of Topliss-reactive ketones (excluding diaryl/α,β-unsaturated/α-hetero) is 1. The Morgan fingerprint density at radius 3 is 2.13 bits per heavy atom. The molecule has 0 fully saturated rings. The third-order valence-corrected chi connectivity index (χ3v) is 5.49. The fourth-order valence-corrected chi connectivity index (χ4v) is 3.52. The Morgan fingerprint density at radius 2 is 1.45 bits per heavy atom. The summed E-state index contributed by atoms with van der Waals surface area (Å²) in [4.78, 5) is 51.1. The second-order valence-corrected chi connectivity index (χ2v) is 8.04. The van der Waals surface area contributed by atoms with Crippen molar-refractivity contribution in [3.8, 4) is 0 Å². The normalized spacial score (nSPS) is 12.6. The van der Waals surface area contributed by atoms with Gasteiger partial charge in [0.05, 0.1) is 22.4 Å². The molecule has 4 rings (SSSR count). The van der Waals surface area contributed by atoms with Crippen molar-refractivity contribution in [1.82, 2.24) is 0 Å². The molecular formula is C23H13BrClNO5. The first-order valence-electron chi connectivity index (χ1n) is 9.09. The Balaban J connectivity index is 1.50. The Hall–Kier alpha value is -3.29. The van der Waals surface area contributed by atoms with Gasteiger partial charge in [-0.05, 0) is 54.6 Å². The van der Waals surface area contributed by atoms with Crippen molar-refractivity contribution in [3.05, 3.63) is 98.5 Å². The van der Waals surface area contributed by atoms with Gasteiger partial charge in [0.15, 0.2) is 12.4 Å². The number of carbonyl (C=O) groups is 4. The van der Waals surface area contributed by atoms with Crippen molar-refractivity contribution < 1.29 is 23.9 Å². The number of ether oxygens (including phenoxy) is 1. The number of benzene rings is 3. The molecule has 0 unspecified atom stereocenters. The first-order valence-corrected chi connectivity index (χ1v) is 10.3. The smallest absolute Gasteiger partial charge is 0.338 e. The average Bonchev–Trinajstić information content (AvgIpc) is 3.02. The molecular weight excluding hydrogens is 486 g/mol. The number of nitrogens with zero attached hydrogens (tertiary/aromatic N) is 1. The molecule has 0 N–H and O–H groups in total. The molecule has 0 saturated carbocycles. The maximum absolute atomic E-state index is 12.8. The summed E-state index contributed by atoms with van der Waals surface area (Å²) in [5.41, 5.74) is 1.13. The average molecular weight is 499 g/mol. The van der Waals surface area contributed by atoms with Crippen molar-refractivity contribution in [3.63, 3.8) is 0 Å². The molecule has 1 aliphatic heterocycles. The predicted octanol–water partition coefficient (Wildman–Crippen LogP) is 4.94. The Kier molecular flexibility index (Phi) is 5.71. The number of amides is 2. The van der Waals surface area contributed by atoms with Crippen LogP contribution in [0.25, 0.3) is 0 Å². The van der Waals surface area contributed by atoms with Crippen LogP contribution in [0.5, 0.6) is 0 Å². The van der Waals surface area contributed by atoms with Crippen molar-refractivity contribution >= 4 is 56.8 Å². The van der Waals surface area contributed by atoms with E-state index in [0.29, 0.717) is 16.3 Å². The van der Waals surface area contributed by atoms with Crippen LogP contribution < -0.4 is 4.90 Å². The number of ketones is 1. The lowest BCUT2D eigenvalue weighted by molar-refractivity contribution is 0.0474. The van der Waals surface area contributed by atoms with E-state index in [2.05, 4.69) is 15.9 Å². The molecule has 6 nitrogen and oxygen atoms in total. The van der Waals surface area contributed by atoms with Crippen LogP contribution in [0.4, 0.5) is 5.69 Å².